The van der Waals surface area contributed by atoms with Crippen LogP contribution < -0.4 is 15.2 Å². The number of nitrogens with zero attached hydrogens (tertiary/aromatic N) is 2. The maximum absolute atomic E-state index is 13.4. The third kappa shape index (κ3) is 6.85. The molecule has 1 aliphatic carbocycles. The summed E-state index contributed by atoms with van der Waals surface area (Å²) in [6.45, 7) is 9.56. The van der Waals surface area contributed by atoms with Crippen molar-refractivity contribution in [2.24, 2.45) is 10.7 Å². The standard InChI is InChI=1S/C36H44N4O7S/c1-21-22(2)32(23(3)28-19-36(4,5)47-31(21)28)48(44,45)39-34(37)38-18-12-11-17-30(33(41)42)40(6)35(43)46-20-29-26-15-9-7-13-24(26)25-14-8-10-16-27(25)29/h7-10,13-16,29-30H,11-12,17-20H2,1-6H3,(H,41,42)(H3,37,38,39). The van der Waals surface area contributed by atoms with Crippen LogP contribution in [0.1, 0.15) is 72.4 Å². The fraction of sp³-hybridized carbons (Fsp3) is 0.417. The van der Waals surface area contributed by atoms with Crippen molar-refractivity contribution in [1.29, 1.82) is 0 Å². The van der Waals surface area contributed by atoms with Crippen molar-refractivity contribution < 1.29 is 32.6 Å². The molecule has 1 amide bonds. The van der Waals surface area contributed by atoms with Crippen LogP contribution in [0.3, 0.4) is 0 Å². The maximum Gasteiger partial charge on any atom is 0.410 e. The fourth-order valence-electron chi connectivity index (χ4n) is 6.82. The minimum atomic E-state index is -4.03. The van der Waals surface area contributed by atoms with Gasteiger partial charge in [0.2, 0.25) is 5.96 Å². The minimum Gasteiger partial charge on any atom is -0.487 e. The van der Waals surface area contributed by atoms with Crippen LogP contribution in [0.15, 0.2) is 58.4 Å². The van der Waals surface area contributed by atoms with E-state index in [1.165, 1.54) is 7.05 Å². The summed E-state index contributed by atoms with van der Waals surface area (Å²) in [5.74, 6) is -0.806. The number of carbonyl (C=O) groups is 2. The average Bonchev–Trinajstić information content (AvgIpc) is 3.53. The number of benzene rings is 3. The zero-order valence-corrected chi connectivity index (χ0v) is 29.1. The largest absolute Gasteiger partial charge is 0.487 e. The topological polar surface area (TPSA) is 161 Å². The number of unbranched alkanes of at least 4 members (excludes halogenated alkanes) is 1. The van der Waals surface area contributed by atoms with Gasteiger partial charge >= 0.3 is 12.1 Å². The number of hydrogen-bond donors (Lipinski definition) is 3. The van der Waals surface area contributed by atoms with Crippen molar-refractivity contribution in [3.63, 3.8) is 0 Å². The van der Waals surface area contributed by atoms with Crippen molar-refractivity contribution in [3.05, 3.63) is 81.9 Å². The zero-order chi connectivity index (χ0) is 35.0. The summed E-state index contributed by atoms with van der Waals surface area (Å²) in [6.07, 6.45) is 0.855. The highest BCUT2D eigenvalue weighted by Crippen LogP contribution is 2.45. The normalized spacial score (nSPS) is 15.6. The first-order chi connectivity index (χ1) is 22.6. The second kappa shape index (κ2) is 13.5. The number of guanidine groups is 1. The van der Waals surface area contributed by atoms with Crippen LogP contribution in [-0.4, -0.2) is 68.3 Å². The highest BCUT2D eigenvalue weighted by atomic mass is 32.2. The van der Waals surface area contributed by atoms with Gasteiger partial charge in [-0.15, -0.1) is 0 Å². The van der Waals surface area contributed by atoms with E-state index in [1.54, 1.807) is 13.8 Å². The number of hydrogen-bond acceptors (Lipinski definition) is 7. The molecular formula is C36H44N4O7S. The molecule has 1 heterocycles. The molecule has 0 saturated heterocycles. The first-order valence-corrected chi connectivity index (χ1v) is 17.6. The van der Waals surface area contributed by atoms with Gasteiger partial charge in [-0.3, -0.25) is 9.89 Å². The van der Waals surface area contributed by atoms with Crippen molar-refractivity contribution in [2.75, 3.05) is 20.2 Å². The lowest BCUT2D eigenvalue weighted by atomic mass is 9.94. The summed E-state index contributed by atoms with van der Waals surface area (Å²) < 4.78 is 41.0. The van der Waals surface area contributed by atoms with Gasteiger partial charge < -0.3 is 20.3 Å². The highest BCUT2D eigenvalue weighted by Gasteiger charge is 2.37. The smallest absolute Gasteiger partial charge is 0.410 e. The van der Waals surface area contributed by atoms with Crippen LogP contribution in [0.5, 0.6) is 5.75 Å². The Bertz CT molecular complexity index is 1840. The van der Waals surface area contributed by atoms with Gasteiger partial charge in [-0.2, -0.15) is 0 Å². The van der Waals surface area contributed by atoms with E-state index in [0.29, 0.717) is 30.4 Å². The molecule has 5 rings (SSSR count). The fourth-order valence-corrected chi connectivity index (χ4v) is 8.35. The molecule has 256 valence electrons. The third-order valence-electron chi connectivity index (χ3n) is 9.34. The first kappa shape index (κ1) is 34.7. The molecule has 4 N–H and O–H groups in total. The number of aliphatic carboxylic acids is 1. The van der Waals surface area contributed by atoms with Gasteiger partial charge in [-0.25, -0.2) is 22.7 Å². The van der Waals surface area contributed by atoms with Gasteiger partial charge in [-0.05, 0) is 92.8 Å². The van der Waals surface area contributed by atoms with Gasteiger partial charge in [0.1, 0.15) is 24.0 Å². The number of amides is 1. The Morgan fingerprint density at radius 3 is 2.25 bits per heavy atom. The molecule has 0 spiro atoms. The molecule has 2 aliphatic rings. The Hall–Kier alpha value is -4.58. The van der Waals surface area contributed by atoms with E-state index >= 15 is 0 Å². The molecule has 0 aromatic heterocycles. The van der Waals surface area contributed by atoms with Gasteiger partial charge in [-0.1, -0.05) is 48.5 Å². The molecule has 11 nitrogen and oxygen atoms in total. The van der Waals surface area contributed by atoms with E-state index < -0.39 is 33.7 Å². The number of carbonyl (C=O) groups excluding carboxylic acids is 1. The Kier molecular flexibility index (Phi) is 9.77. The van der Waals surface area contributed by atoms with Crippen molar-refractivity contribution in [3.8, 4) is 16.9 Å². The molecule has 48 heavy (non-hydrogen) atoms. The lowest BCUT2D eigenvalue weighted by molar-refractivity contribution is -0.142. The van der Waals surface area contributed by atoms with Crippen molar-refractivity contribution in [1.82, 2.24) is 9.62 Å². The van der Waals surface area contributed by atoms with E-state index in [2.05, 4.69) is 9.71 Å². The monoisotopic (exact) mass is 676 g/mol. The SMILES string of the molecule is Cc1c(C)c(S(=O)(=O)NC(N)=NCCCCC(C(=O)O)N(C)C(=O)OCC2c3ccccc3-c3ccccc32)c(C)c2c1OC(C)(C)C2. The van der Waals surface area contributed by atoms with Crippen molar-refractivity contribution >= 4 is 28.0 Å². The van der Waals surface area contributed by atoms with Crippen LogP contribution >= 0.6 is 0 Å². The molecule has 0 fully saturated rings. The molecule has 3 aromatic rings. The number of rotatable bonds is 11. The quantitative estimate of drug-likeness (QED) is 0.138. The Morgan fingerprint density at radius 2 is 1.65 bits per heavy atom. The molecular weight excluding hydrogens is 632 g/mol. The van der Waals surface area contributed by atoms with Gasteiger partial charge in [0.15, 0.2) is 0 Å². The van der Waals surface area contributed by atoms with Crippen molar-refractivity contribution in [2.45, 2.75) is 82.8 Å². The Labute approximate surface area is 282 Å². The predicted molar refractivity (Wildman–Crippen MR) is 184 cm³/mol. The maximum atomic E-state index is 13.4. The van der Waals surface area contributed by atoms with E-state index in [9.17, 15) is 23.1 Å². The zero-order valence-electron chi connectivity index (χ0n) is 28.3. The number of aliphatic imine (C=N–C) groups is 1. The van der Waals surface area contributed by atoms with Crippen LogP contribution in [0.2, 0.25) is 0 Å². The predicted octanol–water partition coefficient (Wildman–Crippen LogP) is 5.42. The van der Waals surface area contributed by atoms with E-state index in [4.69, 9.17) is 15.2 Å². The second-order valence-electron chi connectivity index (χ2n) is 13.2. The Balaban J connectivity index is 1.14. The van der Waals surface area contributed by atoms with Crippen LogP contribution in [-0.2, 0) is 26.0 Å². The first-order valence-electron chi connectivity index (χ1n) is 16.1. The van der Waals surface area contributed by atoms with Gasteiger partial charge in [0, 0.05) is 31.5 Å². The number of carboxylic acid groups (broad SMARTS) is 1. The summed E-state index contributed by atoms with van der Waals surface area (Å²) in [4.78, 5) is 30.5. The highest BCUT2D eigenvalue weighted by molar-refractivity contribution is 7.90. The van der Waals surface area contributed by atoms with Gasteiger partial charge in [0.25, 0.3) is 10.0 Å². The van der Waals surface area contributed by atoms with Crippen LogP contribution in [0.25, 0.3) is 11.1 Å². The number of fused-ring (bicyclic) bond motifs is 4. The number of ether oxygens (including phenoxy) is 2. The summed E-state index contributed by atoms with van der Waals surface area (Å²) in [5.41, 5.74) is 12.8. The number of carboxylic acids is 1. The summed E-state index contributed by atoms with van der Waals surface area (Å²) in [6, 6.07) is 14.9. The molecule has 1 unspecified atom stereocenters. The van der Waals surface area contributed by atoms with Crippen LogP contribution in [0, 0.1) is 20.8 Å². The minimum absolute atomic E-state index is 0.0866. The van der Waals surface area contributed by atoms with Crippen LogP contribution in [0.4, 0.5) is 4.79 Å². The molecule has 0 saturated carbocycles. The number of nitrogens with one attached hydrogen (secondary N) is 1. The van der Waals surface area contributed by atoms with E-state index in [-0.39, 0.29) is 36.3 Å². The average molecular weight is 677 g/mol. The molecule has 0 radical (unpaired) electrons. The molecule has 1 aliphatic heterocycles. The summed E-state index contributed by atoms with van der Waals surface area (Å²) in [5, 5.41) is 9.88. The number of likely N-dealkylation sites (N-methyl/N-ethyl adjacent to an activating group) is 1. The van der Waals surface area contributed by atoms with E-state index in [1.807, 2.05) is 69.3 Å². The molecule has 0 bridgehead atoms. The lowest BCUT2D eigenvalue weighted by Crippen LogP contribution is -2.43. The second-order valence-corrected chi connectivity index (χ2v) is 14.8. The lowest BCUT2D eigenvalue weighted by Gasteiger charge is -2.25. The summed E-state index contributed by atoms with van der Waals surface area (Å²) >= 11 is 0. The third-order valence-corrected chi connectivity index (χ3v) is 11.0. The Morgan fingerprint density at radius 1 is 1.04 bits per heavy atom. The summed E-state index contributed by atoms with van der Waals surface area (Å²) in [7, 11) is -2.62. The molecule has 12 heteroatoms. The van der Waals surface area contributed by atoms with Gasteiger partial charge in [0.05, 0.1) is 4.90 Å². The number of nitrogens with two attached hydrogens (primary N) is 1. The number of sulfonamides is 1. The molecule has 1 atom stereocenters. The molecule has 3 aromatic carbocycles. The van der Waals surface area contributed by atoms with E-state index in [0.717, 1.165) is 44.0 Å².